The molecule has 0 bridgehead atoms. The Hall–Kier alpha value is -0.620. The molecule has 0 aliphatic carbocycles. The second kappa shape index (κ2) is 7.41. The molecule has 3 unspecified atom stereocenters. The number of hydrazine groups is 1. The first-order valence-corrected chi connectivity index (χ1v) is 7.89. The van der Waals surface area contributed by atoms with E-state index in [1.807, 2.05) is 12.1 Å². The average Bonchev–Trinajstić information content (AvgIpc) is 2.93. The lowest BCUT2D eigenvalue weighted by Gasteiger charge is -2.27. The van der Waals surface area contributed by atoms with Gasteiger partial charge in [-0.1, -0.05) is 22.9 Å². The van der Waals surface area contributed by atoms with Gasteiger partial charge < -0.3 is 9.47 Å². The first-order valence-electron chi connectivity index (χ1n) is 7.09. The van der Waals surface area contributed by atoms with E-state index in [-0.39, 0.29) is 6.04 Å². The maximum atomic E-state index is 5.79. The summed E-state index contributed by atoms with van der Waals surface area (Å²) in [6.45, 7) is 2.99. The summed E-state index contributed by atoms with van der Waals surface area (Å²) in [5.41, 5.74) is 4.14. The van der Waals surface area contributed by atoms with Crippen molar-refractivity contribution in [2.24, 2.45) is 11.8 Å². The highest BCUT2D eigenvalue weighted by Gasteiger charge is 2.33. The van der Waals surface area contributed by atoms with Crippen LogP contribution in [0.2, 0.25) is 0 Å². The lowest BCUT2D eigenvalue weighted by molar-refractivity contribution is 0.0774. The molecule has 1 fully saturated rings. The second-order valence-electron chi connectivity index (χ2n) is 5.20. The number of rotatable bonds is 6. The molecule has 1 aliphatic heterocycles. The Morgan fingerprint density at radius 2 is 2.35 bits per heavy atom. The number of halogens is 1. The van der Waals surface area contributed by atoms with Crippen molar-refractivity contribution in [2.75, 3.05) is 13.7 Å². The number of nitrogens with one attached hydrogen (secondary N) is 1. The molecule has 112 valence electrons. The molecule has 20 heavy (non-hydrogen) atoms. The normalized spacial score (nSPS) is 23.8. The number of benzene rings is 1. The van der Waals surface area contributed by atoms with Gasteiger partial charge in [-0.25, -0.2) is 0 Å². The number of ether oxygens (including phenoxy) is 2. The smallest absolute Gasteiger partial charge is 0.122 e. The molecule has 0 amide bonds. The molecule has 1 aromatic rings. The summed E-state index contributed by atoms with van der Waals surface area (Å²) >= 11 is 3.51. The van der Waals surface area contributed by atoms with Gasteiger partial charge in [0, 0.05) is 23.0 Å². The molecule has 0 radical (unpaired) electrons. The molecule has 3 N–H and O–H groups in total. The molecule has 0 spiro atoms. The van der Waals surface area contributed by atoms with Gasteiger partial charge in [0.25, 0.3) is 0 Å². The second-order valence-corrected chi connectivity index (χ2v) is 6.12. The van der Waals surface area contributed by atoms with E-state index in [1.165, 1.54) is 0 Å². The first-order chi connectivity index (χ1) is 9.69. The minimum atomic E-state index is 0.200. The summed E-state index contributed by atoms with van der Waals surface area (Å²) in [6, 6.07) is 6.27. The van der Waals surface area contributed by atoms with E-state index in [9.17, 15) is 0 Å². The van der Waals surface area contributed by atoms with Crippen molar-refractivity contribution in [3.8, 4) is 5.75 Å². The van der Waals surface area contributed by atoms with E-state index in [2.05, 4.69) is 34.3 Å². The minimum Gasteiger partial charge on any atom is -0.496 e. The first kappa shape index (κ1) is 15.8. The number of hydrogen-bond donors (Lipinski definition) is 2. The summed E-state index contributed by atoms with van der Waals surface area (Å²) in [5, 5.41) is 0. The third kappa shape index (κ3) is 3.52. The van der Waals surface area contributed by atoms with E-state index < -0.39 is 0 Å². The molecule has 4 nitrogen and oxygen atoms in total. The zero-order valence-corrected chi connectivity index (χ0v) is 13.7. The van der Waals surface area contributed by atoms with Gasteiger partial charge in [0.05, 0.1) is 13.2 Å². The third-order valence-corrected chi connectivity index (χ3v) is 4.57. The highest BCUT2D eigenvalue weighted by atomic mass is 79.9. The lowest BCUT2D eigenvalue weighted by atomic mass is 9.87. The SMILES string of the molecule is CCC1OCCC1C(Cc1cc(Br)ccc1OC)NN. The minimum absolute atomic E-state index is 0.200. The van der Waals surface area contributed by atoms with E-state index in [0.29, 0.717) is 12.0 Å². The highest BCUT2D eigenvalue weighted by Crippen LogP contribution is 2.31. The molecular weight excluding hydrogens is 320 g/mol. The van der Waals surface area contributed by atoms with Crippen LogP contribution >= 0.6 is 15.9 Å². The molecule has 1 heterocycles. The summed E-state index contributed by atoms with van der Waals surface area (Å²) in [4.78, 5) is 0. The topological polar surface area (TPSA) is 56.5 Å². The van der Waals surface area contributed by atoms with Crippen LogP contribution in [0.4, 0.5) is 0 Å². The molecular formula is C15H23BrN2O2. The van der Waals surface area contributed by atoms with Crippen LogP contribution in [0.1, 0.15) is 25.3 Å². The van der Waals surface area contributed by atoms with Crippen LogP contribution in [-0.4, -0.2) is 25.9 Å². The van der Waals surface area contributed by atoms with Crippen LogP contribution in [0.3, 0.4) is 0 Å². The van der Waals surface area contributed by atoms with Gasteiger partial charge in [0.15, 0.2) is 0 Å². The molecule has 0 saturated carbocycles. The Balaban J connectivity index is 2.15. The molecule has 3 atom stereocenters. The third-order valence-electron chi connectivity index (χ3n) is 4.08. The van der Waals surface area contributed by atoms with Crippen molar-refractivity contribution in [2.45, 2.75) is 38.3 Å². The van der Waals surface area contributed by atoms with Crippen LogP contribution in [0.5, 0.6) is 5.75 Å². The maximum Gasteiger partial charge on any atom is 0.122 e. The lowest BCUT2D eigenvalue weighted by Crippen LogP contribution is -2.45. The van der Waals surface area contributed by atoms with Crippen molar-refractivity contribution in [3.05, 3.63) is 28.2 Å². The number of methoxy groups -OCH3 is 1. The summed E-state index contributed by atoms with van der Waals surface area (Å²) < 4.78 is 12.3. The predicted molar refractivity (Wildman–Crippen MR) is 83.6 cm³/mol. The molecule has 5 heteroatoms. The zero-order valence-electron chi connectivity index (χ0n) is 12.1. The summed E-state index contributed by atoms with van der Waals surface area (Å²) in [6.07, 6.45) is 3.22. The van der Waals surface area contributed by atoms with Gasteiger partial charge in [-0.15, -0.1) is 0 Å². The Labute approximate surface area is 129 Å². The molecule has 1 saturated heterocycles. The fraction of sp³-hybridized carbons (Fsp3) is 0.600. The monoisotopic (exact) mass is 342 g/mol. The van der Waals surface area contributed by atoms with Crippen molar-refractivity contribution in [1.29, 1.82) is 0 Å². The van der Waals surface area contributed by atoms with Crippen molar-refractivity contribution < 1.29 is 9.47 Å². The molecule has 0 aromatic heterocycles. The Morgan fingerprint density at radius 3 is 3.00 bits per heavy atom. The van der Waals surface area contributed by atoms with Crippen molar-refractivity contribution in [3.63, 3.8) is 0 Å². The largest absolute Gasteiger partial charge is 0.496 e. The number of nitrogens with two attached hydrogens (primary N) is 1. The zero-order chi connectivity index (χ0) is 14.5. The maximum absolute atomic E-state index is 5.79. The van der Waals surface area contributed by atoms with E-state index in [1.54, 1.807) is 7.11 Å². The Kier molecular flexibility index (Phi) is 5.84. The van der Waals surface area contributed by atoms with E-state index in [0.717, 1.165) is 41.7 Å². The van der Waals surface area contributed by atoms with Gasteiger partial charge in [-0.3, -0.25) is 11.3 Å². The van der Waals surface area contributed by atoms with Crippen molar-refractivity contribution >= 4 is 15.9 Å². The van der Waals surface area contributed by atoms with Crippen LogP contribution in [0.15, 0.2) is 22.7 Å². The summed E-state index contributed by atoms with van der Waals surface area (Å²) in [5.74, 6) is 7.14. The van der Waals surface area contributed by atoms with Gasteiger partial charge in [0.2, 0.25) is 0 Å². The Morgan fingerprint density at radius 1 is 1.55 bits per heavy atom. The van der Waals surface area contributed by atoms with Crippen LogP contribution in [0.25, 0.3) is 0 Å². The van der Waals surface area contributed by atoms with Crippen LogP contribution in [-0.2, 0) is 11.2 Å². The molecule has 1 aromatic carbocycles. The van der Waals surface area contributed by atoms with Gasteiger partial charge in [-0.2, -0.15) is 0 Å². The van der Waals surface area contributed by atoms with Crippen molar-refractivity contribution in [1.82, 2.24) is 5.43 Å². The summed E-state index contributed by atoms with van der Waals surface area (Å²) in [7, 11) is 1.70. The van der Waals surface area contributed by atoms with Gasteiger partial charge in [0.1, 0.15) is 5.75 Å². The van der Waals surface area contributed by atoms with E-state index in [4.69, 9.17) is 15.3 Å². The highest BCUT2D eigenvalue weighted by molar-refractivity contribution is 9.10. The standard InChI is InChI=1S/C15H23BrN2O2/c1-3-14-12(6-7-20-14)13(18-17)9-10-8-11(16)4-5-15(10)19-2/h4-5,8,12-14,18H,3,6-7,9,17H2,1-2H3. The van der Waals surface area contributed by atoms with E-state index >= 15 is 0 Å². The fourth-order valence-corrected chi connectivity index (χ4v) is 3.43. The van der Waals surface area contributed by atoms with Gasteiger partial charge >= 0.3 is 0 Å². The number of hydrogen-bond acceptors (Lipinski definition) is 4. The van der Waals surface area contributed by atoms with Crippen LogP contribution in [0, 0.1) is 5.92 Å². The molecule has 2 rings (SSSR count). The van der Waals surface area contributed by atoms with Gasteiger partial charge in [-0.05, 0) is 43.0 Å². The van der Waals surface area contributed by atoms with Crippen LogP contribution < -0.4 is 16.0 Å². The predicted octanol–water partition coefficient (Wildman–Crippen LogP) is 2.65. The molecule has 1 aliphatic rings. The average molecular weight is 343 g/mol. The fourth-order valence-electron chi connectivity index (χ4n) is 3.02. The quantitative estimate of drug-likeness (QED) is 0.616. The Bertz CT molecular complexity index is 442.